The molecule has 2 aromatic carbocycles. The maximum absolute atomic E-state index is 13.5. The van der Waals surface area contributed by atoms with Crippen LogP contribution < -0.4 is 14.8 Å². The minimum absolute atomic E-state index is 0.0139. The third-order valence-electron chi connectivity index (χ3n) is 5.29. The Morgan fingerprint density at radius 3 is 2.81 bits per heavy atom. The molecule has 0 aromatic heterocycles. The van der Waals surface area contributed by atoms with E-state index in [-0.39, 0.29) is 17.2 Å². The zero-order valence-corrected chi connectivity index (χ0v) is 17.0. The van der Waals surface area contributed by atoms with Gasteiger partial charge in [0.15, 0.2) is 6.10 Å². The summed E-state index contributed by atoms with van der Waals surface area (Å²) in [6.07, 6.45) is -2.08. The molecule has 0 spiro atoms. The molecule has 0 bridgehead atoms. The van der Waals surface area contributed by atoms with Gasteiger partial charge in [-0.2, -0.15) is 13.2 Å². The summed E-state index contributed by atoms with van der Waals surface area (Å²) in [7, 11) is 0. The van der Waals surface area contributed by atoms with Crippen molar-refractivity contribution in [1.29, 1.82) is 0 Å². The van der Waals surface area contributed by atoms with E-state index in [0.717, 1.165) is 29.4 Å². The molecule has 31 heavy (non-hydrogen) atoms. The van der Waals surface area contributed by atoms with Gasteiger partial charge in [-0.05, 0) is 41.3 Å². The van der Waals surface area contributed by atoms with E-state index < -0.39 is 23.9 Å². The van der Waals surface area contributed by atoms with Crippen molar-refractivity contribution in [3.63, 3.8) is 0 Å². The molecule has 2 atom stereocenters. The fraction of sp³-hybridized carbons (Fsp3) is 0.391. The summed E-state index contributed by atoms with van der Waals surface area (Å²) in [5, 5.41) is 2.83. The summed E-state index contributed by atoms with van der Waals surface area (Å²) in [5.41, 5.74) is 1.34. The zero-order valence-electron chi connectivity index (χ0n) is 17.0. The molecule has 2 aliphatic rings. The smallest absolute Gasteiger partial charge is 0.416 e. The van der Waals surface area contributed by atoms with Crippen molar-refractivity contribution in [3.05, 3.63) is 58.7 Å². The van der Waals surface area contributed by atoms with E-state index in [1.54, 1.807) is 0 Å². The fourth-order valence-electron chi connectivity index (χ4n) is 3.64. The maximum atomic E-state index is 13.5. The minimum Gasteiger partial charge on any atom is -0.493 e. The van der Waals surface area contributed by atoms with E-state index >= 15 is 0 Å². The van der Waals surface area contributed by atoms with Crippen LogP contribution in [-0.2, 0) is 23.9 Å². The lowest BCUT2D eigenvalue weighted by Crippen LogP contribution is -2.38. The quantitative estimate of drug-likeness (QED) is 0.662. The van der Waals surface area contributed by atoms with Gasteiger partial charge in [-0.1, -0.05) is 31.5 Å². The summed E-state index contributed by atoms with van der Waals surface area (Å²) in [6, 6.07) is 9.01. The number of hydrogen-bond acceptors (Lipinski definition) is 4. The predicted molar refractivity (Wildman–Crippen MR) is 109 cm³/mol. The summed E-state index contributed by atoms with van der Waals surface area (Å²) in [6.45, 7) is 2.85. The Kier molecular flexibility index (Phi) is 5.89. The van der Waals surface area contributed by atoms with Crippen LogP contribution in [0.1, 0.15) is 48.1 Å². The maximum Gasteiger partial charge on any atom is 0.416 e. The molecule has 5 nitrogen and oxygen atoms in total. The Labute approximate surface area is 178 Å². The molecule has 8 heteroatoms. The molecule has 0 fully saturated rings. The van der Waals surface area contributed by atoms with Gasteiger partial charge in [-0.25, -0.2) is 0 Å². The number of alkyl halides is 3. The van der Waals surface area contributed by atoms with Crippen molar-refractivity contribution in [2.45, 2.75) is 51.1 Å². The largest absolute Gasteiger partial charge is 0.493 e. The van der Waals surface area contributed by atoms with E-state index in [4.69, 9.17) is 9.47 Å². The van der Waals surface area contributed by atoms with Crippen LogP contribution in [0.2, 0.25) is 0 Å². The van der Waals surface area contributed by atoms with Gasteiger partial charge in [-0.3, -0.25) is 9.79 Å². The van der Waals surface area contributed by atoms with Crippen LogP contribution in [-0.4, -0.2) is 24.8 Å². The Morgan fingerprint density at radius 1 is 1.29 bits per heavy atom. The van der Waals surface area contributed by atoms with Gasteiger partial charge < -0.3 is 14.8 Å². The average molecular weight is 432 g/mol. The number of halogens is 3. The molecular weight excluding hydrogens is 409 g/mol. The van der Waals surface area contributed by atoms with Gasteiger partial charge in [-0.15, -0.1) is 0 Å². The monoisotopic (exact) mass is 432 g/mol. The minimum atomic E-state index is -4.53. The number of fused-ring (bicyclic) bond motifs is 1. The predicted octanol–water partition coefficient (Wildman–Crippen LogP) is 4.63. The Balaban J connectivity index is 1.44. The summed E-state index contributed by atoms with van der Waals surface area (Å²) in [4.78, 5) is 16.5. The first kappa shape index (κ1) is 21.2. The molecule has 0 saturated carbocycles. The fourth-order valence-corrected chi connectivity index (χ4v) is 3.64. The second-order valence-corrected chi connectivity index (χ2v) is 7.64. The van der Waals surface area contributed by atoms with Gasteiger partial charge in [0.25, 0.3) is 5.91 Å². The number of carbonyl (C=O) groups excluding carboxylic acids is 1. The SMILES string of the molecule is CCCC(Oc1ccc(C2C=N2)c(C(F)(F)F)c1)C(=O)NCc1ccc2c(c1)CCO2. The number of rotatable bonds is 8. The first-order valence-electron chi connectivity index (χ1n) is 10.3. The number of carbonyl (C=O) groups is 1. The molecule has 2 aliphatic heterocycles. The van der Waals surface area contributed by atoms with Crippen molar-refractivity contribution >= 4 is 12.1 Å². The standard InChI is InChI=1S/C23H23F3N2O3/c1-2-3-21(22(29)28-12-14-4-7-20-15(10-14)8-9-30-20)31-16-5-6-17(19-13-27-19)18(11-16)23(24,25)26/h4-7,10-11,13,19,21H,2-3,8-9,12H2,1H3,(H,28,29). The van der Waals surface area contributed by atoms with Gasteiger partial charge in [0.2, 0.25) is 0 Å². The van der Waals surface area contributed by atoms with Gasteiger partial charge in [0.05, 0.1) is 12.2 Å². The number of nitrogens with one attached hydrogen (secondary N) is 1. The molecule has 0 radical (unpaired) electrons. The number of nitrogens with zero attached hydrogens (tertiary/aromatic N) is 1. The highest BCUT2D eigenvalue weighted by atomic mass is 19.4. The first-order valence-corrected chi connectivity index (χ1v) is 10.3. The van der Waals surface area contributed by atoms with Gasteiger partial charge >= 0.3 is 6.18 Å². The lowest BCUT2D eigenvalue weighted by molar-refractivity contribution is -0.138. The second-order valence-electron chi connectivity index (χ2n) is 7.64. The molecule has 2 unspecified atom stereocenters. The molecule has 2 aromatic rings. The van der Waals surface area contributed by atoms with Crippen LogP contribution >= 0.6 is 0 Å². The summed E-state index contributed by atoms with van der Waals surface area (Å²) < 4.78 is 51.6. The van der Waals surface area contributed by atoms with Crippen molar-refractivity contribution in [3.8, 4) is 11.5 Å². The normalized spacial score (nSPS) is 17.6. The summed E-state index contributed by atoms with van der Waals surface area (Å²) in [5.74, 6) is 0.518. The molecule has 0 saturated heterocycles. The third-order valence-corrected chi connectivity index (χ3v) is 5.29. The Morgan fingerprint density at radius 2 is 2.10 bits per heavy atom. The number of ether oxygens (including phenoxy) is 2. The third kappa shape index (κ3) is 5.00. The highest BCUT2D eigenvalue weighted by Crippen LogP contribution is 2.40. The van der Waals surface area contributed by atoms with Crippen molar-refractivity contribution in [2.24, 2.45) is 4.99 Å². The Hall–Kier alpha value is -3.03. The van der Waals surface area contributed by atoms with Crippen molar-refractivity contribution in [2.75, 3.05) is 6.61 Å². The van der Waals surface area contributed by atoms with Gasteiger partial charge in [0, 0.05) is 19.2 Å². The van der Waals surface area contributed by atoms with E-state index in [9.17, 15) is 18.0 Å². The van der Waals surface area contributed by atoms with Crippen LogP contribution in [0, 0.1) is 0 Å². The van der Waals surface area contributed by atoms with Gasteiger partial charge in [0.1, 0.15) is 17.5 Å². The molecular formula is C23H23F3N2O3. The first-order chi connectivity index (χ1) is 14.8. The lowest BCUT2D eigenvalue weighted by atomic mass is 10.0. The van der Waals surface area contributed by atoms with E-state index in [1.807, 2.05) is 25.1 Å². The van der Waals surface area contributed by atoms with Crippen LogP contribution in [0.15, 0.2) is 41.4 Å². The van der Waals surface area contributed by atoms with Crippen molar-refractivity contribution < 1.29 is 27.4 Å². The number of aliphatic imine (C=N–C) groups is 1. The average Bonchev–Trinajstić information content (AvgIpc) is 3.48. The molecule has 4 rings (SSSR count). The molecule has 2 heterocycles. The highest BCUT2D eigenvalue weighted by molar-refractivity contribution is 5.81. The van der Waals surface area contributed by atoms with E-state index in [0.29, 0.717) is 26.0 Å². The van der Waals surface area contributed by atoms with Crippen LogP contribution in [0.4, 0.5) is 13.2 Å². The number of benzene rings is 2. The van der Waals surface area contributed by atoms with E-state index in [1.165, 1.54) is 18.3 Å². The second kappa shape index (κ2) is 8.61. The Bertz CT molecular complexity index is 998. The van der Waals surface area contributed by atoms with Crippen LogP contribution in [0.5, 0.6) is 11.5 Å². The summed E-state index contributed by atoms with van der Waals surface area (Å²) >= 11 is 0. The molecule has 0 aliphatic carbocycles. The number of amides is 1. The van der Waals surface area contributed by atoms with Crippen molar-refractivity contribution in [1.82, 2.24) is 5.32 Å². The van der Waals surface area contributed by atoms with Crippen LogP contribution in [0.25, 0.3) is 0 Å². The molecule has 1 amide bonds. The number of hydrogen-bond donors (Lipinski definition) is 1. The highest BCUT2D eigenvalue weighted by Gasteiger charge is 2.37. The topological polar surface area (TPSA) is 59.9 Å². The lowest BCUT2D eigenvalue weighted by Gasteiger charge is -2.20. The van der Waals surface area contributed by atoms with E-state index in [2.05, 4.69) is 10.3 Å². The zero-order chi connectivity index (χ0) is 22.0. The van der Waals surface area contributed by atoms with Crippen LogP contribution in [0.3, 0.4) is 0 Å². The molecule has 1 N–H and O–H groups in total. The molecule has 164 valence electrons.